The van der Waals surface area contributed by atoms with Crippen LogP contribution in [0, 0.1) is 12.7 Å². The molecule has 2 aromatic carbocycles. The van der Waals surface area contributed by atoms with Crippen LogP contribution in [0.15, 0.2) is 53.4 Å². The Bertz CT molecular complexity index is 717. The zero-order chi connectivity index (χ0) is 15.7. The van der Waals surface area contributed by atoms with E-state index in [9.17, 15) is 13.2 Å². The molecule has 2 aromatic rings. The highest BCUT2D eigenvalue weighted by molar-refractivity contribution is 7.95. The van der Waals surface area contributed by atoms with Crippen LogP contribution in [0.2, 0.25) is 0 Å². The van der Waals surface area contributed by atoms with Crippen LogP contribution in [-0.2, 0) is 14.6 Å². The molecular formula is C16H16FNO3S. The molecule has 1 aliphatic heterocycles. The number of sulfonamides is 1. The molecular weight excluding hydrogens is 305 g/mol. The number of halogens is 1. The molecule has 22 heavy (non-hydrogen) atoms. The predicted molar refractivity (Wildman–Crippen MR) is 80.7 cm³/mol. The Morgan fingerprint density at radius 3 is 2.55 bits per heavy atom. The SMILES string of the molecule is Cc1cc(F)ccc1OC1CN([S+](=O)([O-])c2ccccc2)C1. The Balaban J connectivity index is 1.63. The number of hydrogen-bond acceptors (Lipinski definition) is 3. The van der Waals surface area contributed by atoms with E-state index >= 15 is 0 Å². The van der Waals surface area contributed by atoms with Crippen LogP contribution in [0.4, 0.5) is 4.39 Å². The highest BCUT2D eigenvalue weighted by Crippen LogP contribution is 2.29. The van der Waals surface area contributed by atoms with Crippen molar-refractivity contribution in [2.24, 2.45) is 0 Å². The van der Waals surface area contributed by atoms with Gasteiger partial charge in [-0.2, -0.15) is 0 Å². The van der Waals surface area contributed by atoms with Crippen molar-refractivity contribution < 1.29 is 17.9 Å². The molecule has 0 bridgehead atoms. The van der Waals surface area contributed by atoms with Gasteiger partial charge in [-0.05, 0) is 42.8 Å². The number of hydrogen-bond donors (Lipinski definition) is 0. The third kappa shape index (κ3) is 2.90. The van der Waals surface area contributed by atoms with Gasteiger partial charge >= 0.3 is 0 Å². The Hall–Kier alpha value is -1.76. The maximum atomic E-state index is 13.0. The molecule has 1 fully saturated rings. The molecule has 0 aliphatic carbocycles. The molecule has 1 unspecified atom stereocenters. The lowest BCUT2D eigenvalue weighted by molar-refractivity contribution is 0.0697. The fourth-order valence-corrected chi connectivity index (χ4v) is 3.86. The Morgan fingerprint density at radius 1 is 1.23 bits per heavy atom. The molecule has 0 radical (unpaired) electrons. The summed E-state index contributed by atoms with van der Waals surface area (Å²) in [6.45, 7) is 2.36. The van der Waals surface area contributed by atoms with Gasteiger partial charge in [0, 0.05) is 0 Å². The third-order valence-electron chi connectivity index (χ3n) is 3.63. The Morgan fingerprint density at radius 2 is 1.91 bits per heavy atom. The van der Waals surface area contributed by atoms with Crippen LogP contribution in [0.25, 0.3) is 0 Å². The average molecular weight is 321 g/mol. The normalized spacial score (nSPS) is 18.5. The number of nitrogens with zero attached hydrogens (tertiary/aromatic N) is 1. The van der Waals surface area contributed by atoms with Crippen LogP contribution in [0.1, 0.15) is 5.56 Å². The van der Waals surface area contributed by atoms with Gasteiger partial charge < -0.3 is 9.29 Å². The van der Waals surface area contributed by atoms with Crippen molar-refractivity contribution in [3.05, 3.63) is 59.9 Å². The summed E-state index contributed by atoms with van der Waals surface area (Å²) < 4.78 is 44.8. The number of rotatable bonds is 4. The third-order valence-corrected chi connectivity index (χ3v) is 5.47. The monoisotopic (exact) mass is 321 g/mol. The summed E-state index contributed by atoms with van der Waals surface area (Å²) in [4.78, 5) is 0.284. The van der Waals surface area contributed by atoms with Crippen molar-refractivity contribution in [2.45, 2.75) is 17.9 Å². The maximum absolute atomic E-state index is 13.0. The summed E-state index contributed by atoms with van der Waals surface area (Å²) in [5, 5.41) is 0. The standard InChI is InChI=1S/C16H16FNO3S/c1-12-9-13(17)7-8-16(12)21-14-10-18(11-14)22(19,20)15-5-3-2-4-6-15/h2-9,14H,10-11H2,1H3. The second-order valence-corrected chi connectivity index (χ2v) is 7.22. The minimum absolute atomic E-state index is 0.206. The van der Waals surface area contributed by atoms with Gasteiger partial charge in [0.05, 0.1) is 13.1 Å². The van der Waals surface area contributed by atoms with E-state index in [4.69, 9.17) is 4.74 Å². The van der Waals surface area contributed by atoms with Crippen molar-refractivity contribution in [2.75, 3.05) is 13.1 Å². The second-order valence-electron chi connectivity index (χ2n) is 5.28. The molecule has 4 nitrogen and oxygen atoms in total. The van der Waals surface area contributed by atoms with E-state index in [1.165, 1.54) is 16.4 Å². The fraction of sp³-hybridized carbons (Fsp3) is 0.250. The van der Waals surface area contributed by atoms with E-state index in [1.54, 1.807) is 43.3 Å². The molecule has 0 aromatic heterocycles. The van der Waals surface area contributed by atoms with E-state index in [1.807, 2.05) is 0 Å². The first-order chi connectivity index (χ1) is 10.5. The first-order valence-corrected chi connectivity index (χ1v) is 8.39. The van der Waals surface area contributed by atoms with E-state index in [-0.39, 0.29) is 16.8 Å². The molecule has 1 heterocycles. The highest BCUT2D eigenvalue weighted by Gasteiger charge is 2.42. The van der Waals surface area contributed by atoms with Gasteiger partial charge in [-0.25, -0.2) is 4.39 Å². The van der Waals surface area contributed by atoms with Gasteiger partial charge in [-0.3, -0.25) is 0 Å². The first kappa shape index (κ1) is 15.1. The molecule has 1 saturated heterocycles. The number of benzene rings is 2. The molecule has 3 rings (SSSR count). The van der Waals surface area contributed by atoms with Gasteiger partial charge in [0.1, 0.15) is 17.7 Å². The van der Waals surface area contributed by atoms with Crippen LogP contribution >= 0.6 is 0 Å². The van der Waals surface area contributed by atoms with Crippen LogP contribution in [0.5, 0.6) is 5.75 Å². The summed E-state index contributed by atoms with van der Waals surface area (Å²) in [7, 11) is -3.45. The van der Waals surface area contributed by atoms with E-state index in [0.29, 0.717) is 24.4 Å². The van der Waals surface area contributed by atoms with Gasteiger partial charge in [-0.15, -0.1) is 4.31 Å². The smallest absolute Gasteiger partial charge is 0.175 e. The number of aryl methyl sites for hydroxylation is 1. The summed E-state index contributed by atoms with van der Waals surface area (Å²) in [5.41, 5.74) is 0.698. The molecule has 0 spiro atoms. The van der Waals surface area contributed by atoms with Crippen molar-refractivity contribution in [1.29, 1.82) is 0 Å². The Kier molecular flexibility index (Phi) is 3.99. The second kappa shape index (κ2) is 5.79. The van der Waals surface area contributed by atoms with Gasteiger partial charge in [0.2, 0.25) is 0 Å². The average Bonchev–Trinajstić information content (AvgIpc) is 2.45. The molecule has 6 heteroatoms. The minimum atomic E-state index is -3.45. The van der Waals surface area contributed by atoms with Crippen molar-refractivity contribution in [1.82, 2.24) is 4.31 Å². The summed E-state index contributed by atoms with van der Waals surface area (Å²) in [6.07, 6.45) is -0.206. The lowest BCUT2D eigenvalue weighted by Crippen LogP contribution is -2.58. The Labute approximate surface area is 129 Å². The summed E-state index contributed by atoms with van der Waals surface area (Å²) in [6, 6.07) is 12.6. The minimum Gasteiger partial charge on any atom is -0.593 e. The lowest BCUT2D eigenvalue weighted by atomic mass is 10.2. The molecule has 0 N–H and O–H groups in total. The predicted octanol–water partition coefficient (Wildman–Crippen LogP) is 2.80. The lowest BCUT2D eigenvalue weighted by Gasteiger charge is -2.39. The van der Waals surface area contributed by atoms with Crippen LogP contribution < -0.4 is 4.74 Å². The topological polar surface area (TPSA) is 52.6 Å². The molecule has 0 amide bonds. The van der Waals surface area contributed by atoms with Gasteiger partial charge in [-0.1, -0.05) is 22.4 Å². The maximum Gasteiger partial charge on any atom is 0.175 e. The molecule has 1 aliphatic rings. The van der Waals surface area contributed by atoms with E-state index < -0.39 is 10.4 Å². The van der Waals surface area contributed by atoms with Crippen LogP contribution in [-0.4, -0.2) is 28.1 Å². The van der Waals surface area contributed by atoms with Crippen LogP contribution in [0.3, 0.4) is 0 Å². The quantitative estimate of drug-likeness (QED) is 0.814. The van der Waals surface area contributed by atoms with E-state index in [2.05, 4.69) is 0 Å². The molecule has 0 saturated carbocycles. The van der Waals surface area contributed by atoms with Crippen molar-refractivity contribution in [3.63, 3.8) is 0 Å². The number of ether oxygens (including phenoxy) is 1. The van der Waals surface area contributed by atoms with E-state index in [0.717, 1.165) is 0 Å². The highest BCUT2D eigenvalue weighted by atomic mass is 32.3. The summed E-state index contributed by atoms with van der Waals surface area (Å²) in [5.74, 6) is 0.273. The first-order valence-electron chi connectivity index (χ1n) is 6.95. The van der Waals surface area contributed by atoms with Gasteiger partial charge in [0.15, 0.2) is 15.3 Å². The summed E-state index contributed by atoms with van der Waals surface area (Å²) >= 11 is 0. The fourth-order valence-electron chi connectivity index (χ4n) is 2.34. The largest absolute Gasteiger partial charge is 0.593 e. The molecule has 1 atom stereocenters. The zero-order valence-electron chi connectivity index (χ0n) is 12.1. The van der Waals surface area contributed by atoms with Gasteiger partial charge in [0.25, 0.3) is 0 Å². The van der Waals surface area contributed by atoms with Crippen molar-refractivity contribution >= 4 is 10.4 Å². The molecule has 116 valence electrons. The zero-order valence-corrected chi connectivity index (χ0v) is 12.9. The van der Waals surface area contributed by atoms with Crippen molar-refractivity contribution in [3.8, 4) is 5.75 Å².